The van der Waals surface area contributed by atoms with Gasteiger partial charge in [0.25, 0.3) is 0 Å². The van der Waals surface area contributed by atoms with Gasteiger partial charge < -0.3 is 10.5 Å². The number of halogens is 1. The molecule has 0 bridgehead atoms. The smallest absolute Gasteiger partial charge is 0.319 e. The molecular formula is C11H14ClNO2S. The molecule has 0 aliphatic carbocycles. The monoisotopic (exact) mass is 259 g/mol. The Morgan fingerprint density at radius 1 is 1.62 bits per heavy atom. The molecule has 0 spiro atoms. The Morgan fingerprint density at radius 3 is 2.88 bits per heavy atom. The van der Waals surface area contributed by atoms with Gasteiger partial charge in [0.05, 0.1) is 6.61 Å². The Bertz CT molecular complexity index is 384. The fourth-order valence-corrected chi connectivity index (χ4v) is 2.19. The summed E-state index contributed by atoms with van der Waals surface area (Å²) < 4.78 is 4.91. The summed E-state index contributed by atoms with van der Waals surface area (Å²) in [6, 6.07) is 5.22. The van der Waals surface area contributed by atoms with Crippen LogP contribution in [-0.4, -0.2) is 17.8 Å². The molecule has 1 atom stereocenters. The molecule has 0 amide bonds. The summed E-state index contributed by atoms with van der Waals surface area (Å²) in [5, 5.41) is 0.314. The van der Waals surface area contributed by atoms with E-state index in [1.807, 2.05) is 0 Å². The molecule has 0 fully saturated rings. The first-order valence-corrected chi connectivity index (χ1v) is 6.18. The van der Waals surface area contributed by atoms with Gasteiger partial charge in [0.15, 0.2) is 0 Å². The van der Waals surface area contributed by atoms with E-state index >= 15 is 0 Å². The average Bonchev–Trinajstić information content (AvgIpc) is 2.22. The minimum Gasteiger partial charge on any atom is -0.465 e. The molecular weight excluding hydrogens is 246 g/mol. The van der Waals surface area contributed by atoms with Crippen LogP contribution in [0.15, 0.2) is 23.1 Å². The van der Waals surface area contributed by atoms with Crippen molar-refractivity contribution < 1.29 is 9.53 Å². The molecule has 0 unspecified atom stereocenters. The lowest BCUT2D eigenvalue weighted by Gasteiger charge is -2.11. The molecule has 88 valence electrons. The Balaban J connectivity index is 2.69. The average molecular weight is 260 g/mol. The van der Waals surface area contributed by atoms with Gasteiger partial charge in [-0.3, -0.25) is 4.79 Å². The predicted molar refractivity (Wildman–Crippen MR) is 67.8 cm³/mol. The summed E-state index contributed by atoms with van der Waals surface area (Å²) in [6.45, 7) is 3.96. The van der Waals surface area contributed by atoms with Crippen LogP contribution in [0.3, 0.4) is 0 Å². The molecule has 5 heteroatoms. The van der Waals surface area contributed by atoms with E-state index < -0.39 is 0 Å². The van der Waals surface area contributed by atoms with Gasteiger partial charge in [0.2, 0.25) is 0 Å². The van der Waals surface area contributed by atoms with Crippen molar-refractivity contribution >= 4 is 35.0 Å². The van der Waals surface area contributed by atoms with Crippen LogP contribution in [0.5, 0.6) is 0 Å². The molecule has 0 aliphatic heterocycles. The van der Waals surface area contributed by atoms with E-state index in [9.17, 15) is 4.79 Å². The number of thioether (sulfide) groups is 1. The van der Waals surface area contributed by atoms with Crippen LogP contribution < -0.4 is 5.73 Å². The van der Waals surface area contributed by atoms with Gasteiger partial charge in [-0.25, -0.2) is 0 Å². The van der Waals surface area contributed by atoms with Crippen molar-refractivity contribution in [3.8, 4) is 0 Å². The number of benzene rings is 1. The van der Waals surface area contributed by atoms with Gasteiger partial charge in [-0.1, -0.05) is 11.6 Å². The number of nitrogen functional groups attached to an aromatic ring is 1. The summed E-state index contributed by atoms with van der Waals surface area (Å²) >= 11 is 7.15. The number of nitrogens with two attached hydrogens (primary N) is 1. The minimum absolute atomic E-state index is 0.234. The zero-order chi connectivity index (χ0) is 12.1. The largest absolute Gasteiger partial charge is 0.465 e. The molecule has 2 N–H and O–H groups in total. The van der Waals surface area contributed by atoms with Crippen LogP contribution in [-0.2, 0) is 9.53 Å². The third-order valence-electron chi connectivity index (χ3n) is 1.89. The lowest BCUT2D eigenvalue weighted by molar-refractivity contribution is -0.142. The second-order valence-electron chi connectivity index (χ2n) is 3.19. The van der Waals surface area contributed by atoms with Crippen molar-refractivity contribution in [2.75, 3.05) is 12.3 Å². The molecule has 16 heavy (non-hydrogen) atoms. The Labute approximate surface area is 104 Å². The highest BCUT2D eigenvalue weighted by Gasteiger charge is 2.16. The zero-order valence-electron chi connectivity index (χ0n) is 9.20. The maximum Gasteiger partial charge on any atom is 0.319 e. The van der Waals surface area contributed by atoms with Crippen molar-refractivity contribution in [1.82, 2.24) is 0 Å². The molecule has 0 saturated carbocycles. The highest BCUT2D eigenvalue weighted by atomic mass is 35.5. The van der Waals surface area contributed by atoms with Crippen molar-refractivity contribution in [2.24, 2.45) is 0 Å². The molecule has 0 heterocycles. The lowest BCUT2D eigenvalue weighted by atomic mass is 10.3. The minimum atomic E-state index is -0.275. The molecule has 3 nitrogen and oxygen atoms in total. The summed E-state index contributed by atoms with van der Waals surface area (Å²) in [5.41, 5.74) is 6.36. The van der Waals surface area contributed by atoms with E-state index in [2.05, 4.69) is 0 Å². The van der Waals surface area contributed by atoms with Crippen LogP contribution in [0.25, 0.3) is 0 Å². The molecule has 1 rings (SSSR count). The van der Waals surface area contributed by atoms with Crippen molar-refractivity contribution in [2.45, 2.75) is 24.0 Å². The normalized spacial score (nSPS) is 12.2. The van der Waals surface area contributed by atoms with Gasteiger partial charge in [0.1, 0.15) is 5.25 Å². The van der Waals surface area contributed by atoms with E-state index in [0.717, 1.165) is 4.90 Å². The summed E-state index contributed by atoms with van der Waals surface area (Å²) in [5.74, 6) is -0.234. The predicted octanol–water partition coefficient (Wildman–Crippen LogP) is 2.97. The third kappa shape index (κ3) is 3.61. The number of hydrogen-bond donors (Lipinski definition) is 1. The van der Waals surface area contributed by atoms with Crippen LogP contribution in [0.4, 0.5) is 5.69 Å². The van der Waals surface area contributed by atoms with Crippen LogP contribution >= 0.6 is 23.4 Å². The SMILES string of the molecule is CCOC(=O)[C@@H](C)Sc1ccc(Cl)cc1N. The number of hydrogen-bond acceptors (Lipinski definition) is 4. The highest BCUT2D eigenvalue weighted by molar-refractivity contribution is 8.00. The standard InChI is InChI=1S/C11H14ClNO2S/c1-3-15-11(14)7(2)16-10-5-4-8(12)6-9(10)13/h4-7H,3,13H2,1-2H3/t7-/m1/s1. The molecule has 0 saturated heterocycles. The summed E-state index contributed by atoms with van der Waals surface area (Å²) in [4.78, 5) is 12.3. The van der Waals surface area contributed by atoms with Gasteiger partial charge >= 0.3 is 5.97 Å². The quantitative estimate of drug-likeness (QED) is 0.513. The Kier molecular flexibility index (Phi) is 4.96. The number of anilines is 1. The second-order valence-corrected chi connectivity index (χ2v) is 5.01. The van der Waals surface area contributed by atoms with Crippen LogP contribution in [0.1, 0.15) is 13.8 Å². The zero-order valence-corrected chi connectivity index (χ0v) is 10.8. The molecule has 0 aliphatic rings. The first kappa shape index (κ1) is 13.2. The Hall–Kier alpha value is -0.870. The summed E-state index contributed by atoms with van der Waals surface area (Å²) in [6.07, 6.45) is 0. The number of esters is 1. The lowest BCUT2D eigenvalue weighted by Crippen LogP contribution is -2.16. The summed E-state index contributed by atoms with van der Waals surface area (Å²) in [7, 11) is 0. The van der Waals surface area contributed by atoms with E-state index in [1.165, 1.54) is 11.8 Å². The van der Waals surface area contributed by atoms with Crippen molar-refractivity contribution in [3.63, 3.8) is 0 Å². The van der Waals surface area contributed by atoms with E-state index in [0.29, 0.717) is 17.3 Å². The van der Waals surface area contributed by atoms with Crippen LogP contribution in [0.2, 0.25) is 5.02 Å². The van der Waals surface area contributed by atoms with Gasteiger partial charge in [-0.2, -0.15) is 0 Å². The second kappa shape index (κ2) is 6.01. The first-order chi connectivity index (χ1) is 7.54. The topological polar surface area (TPSA) is 52.3 Å². The van der Waals surface area contributed by atoms with Crippen molar-refractivity contribution in [3.05, 3.63) is 23.2 Å². The molecule has 0 aromatic heterocycles. The number of carbonyl (C=O) groups is 1. The number of rotatable bonds is 4. The fraction of sp³-hybridized carbons (Fsp3) is 0.364. The van der Waals surface area contributed by atoms with E-state index in [1.54, 1.807) is 32.0 Å². The maximum atomic E-state index is 11.4. The van der Waals surface area contributed by atoms with Crippen molar-refractivity contribution in [1.29, 1.82) is 0 Å². The molecule has 0 radical (unpaired) electrons. The maximum absolute atomic E-state index is 11.4. The number of ether oxygens (including phenoxy) is 1. The van der Waals surface area contributed by atoms with Gasteiger partial charge in [-0.15, -0.1) is 11.8 Å². The first-order valence-electron chi connectivity index (χ1n) is 4.93. The Morgan fingerprint density at radius 2 is 2.31 bits per heavy atom. The van der Waals surface area contributed by atoms with Crippen LogP contribution in [0, 0.1) is 0 Å². The number of carbonyl (C=O) groups excluding carboxylic acids is 1. The van der Waals surface area contributed by atoms with E-state index in [-0.39, 0.29) is 11.2 Å². The van der Waals surface area contributed by atoms with Gasteiger partial charge in [-0.05, 0) is 32.0 Å². The fourth-order valence-electron chi connectivity index (χ4n) is 1.12. The van der Waals surface area contributed by atoms with Gasteiger partial charge in [0, 0.05) is 15.6 Å². The molecule has 1 aromatic carbocycles. The highest BCUT2D eigenvalue weighted by Crippen LogP contribution is 2.31. The third-order valence-corrected chi connectivity index (χ3v) is 3.30. The van der Waals surface area contributed by atoms with E-state index in [4.69, 9.17) is 22.1 Å². The molecule has 1 aromatic rings.